The Balaban J connectivity index is 4.46. The van der Waals surface area contributed by atoms with E-state index in [0.29, 0.717) is 19.3 Å². The van der Waals surface area contributed by atoms with Crippen LogP contribution in [0.25, 0.3) is 0 Å². The lowest BCUT2D eigenvalue weighted by Crippen LogP contribution is -2.30. The molecular weight excluding hydrogens is 973 g/mol. The number of unbranched alkanes of at least 4 members (excludes halogenated alkanes) is 22. The molecule has 0 saturated carbocycles. The van der Waals surface area contributed by atoms with Crippen LogP contribution < -0.4 is 0 Å². The average Bonchev–Trinajstić information content (AvgIpc) is 3.45. The first-order valence-electron chi connectivity index (χ1n) is 32.3. The maximum absolute atomic E-state index is 12.9. The molecule has 0 aromatic heterocycles. The largest absolute Gasteiger partial charge is 0.462 e. The fourth-order valence-electron chi connectivity index (χ4n) is 8.53. The lowest BCUT2D eigenvalue weighted by Gasteiger charge is -2.18. The smallest absolute Gasteiger partial charge is 0.306 e. The van der Waals surface area contributed by atoms with E-state index in [1.807, 2.05) is 0 Å². The van der Waals surface area contributed by atoms with E-state index in [2.05, 4.69) is 167 Å². The van der Waals surface area contributed by atoms with E-state index in [4.69, 9.17) is 14.2 Å². The second kappa shape index (κ2) is 65.8. The molecule has 79 heavy (non-hydrogen) atoms. The van der Waals surface area contributed by atoms with Gasteiger partial charge in [0.1, 0.15) is 13.2 Å². The van der Waals surface area contributed by atoms with Gasteiger partial charge in [0.15, 0.2) is 6.10 Å². The van der Waals surface area contributed by atoms with Gasteiger partial charge in [-0.25, -0.2) is 0 Å². The Morgan fingerprint density at radius 1 is 0.266 bits per heavy atom. The molecule has 0 aromatic rings. The molecule has 0 saturated heterocycles. The Labute approximate surface area is 487 Å². The van der Waals surface area contributed by atoms with Crippen LogP contribution in [0.4, 0.5) is 0 Å². The van der Waals surface area contributed by atoms with Gasteiger partial charge < -0.3 is 14.2 Å². The zero-order chi connectivity index (χ0) is 57.1. The van der Waals surface area contributed by atoms with Crippen LogP contribution in [0, 0.1) is 0 Å². The number of hydrogen-bond donors (Lipinski definition) is 0. The highest BCUT2D eigenvalue weighted by molar-refractivity contribution is 5.71. The Morgan fingerprint density at radius 2 is 0.494 bits per heavy atom. The molecule has 0 aliphatic heterocycles. The van der Waals surface area contributed by atoms with Crippen LogP contribution in [0.15, 0.2) is 146 Å². The topological polar surface area (TPSA) is 78.9 Å². The van der Waals surface area contributed by atoms with Crippen molar-refractivity contribution in [3.8, 4) is 0 Å². The van der Waals surface area contributed by atoms with Crippen molar-refractivity contribution in [3.05, 3.63) is 146 Å². The molecule has 0 fully saturated rings. The van der Waals surface area contributed by atoms with Gasteiger partial charge in [0.05, 0.1) is 0 Å². The van der Waals surface area contributed by atoms with Crippen molar-refractivity contribution in [2.75, 3.05) is 13.2 Å². The predicted octanol–water partition coefficient (Wildman–Crippen LogP) is 22.3. The molecule has 0 radical (unpaired) electrons. The number of rotatable bonds is 57. The lowest BCUT2D eigenvalue weighted by atomic mass is 10.1. The van der Waals surface area contributed by atoms with E-state index in [0.717, 1.165) is 173 Å². The van der Waals surface area contributed by atoms with Gasteiger partial charge in [0, 0.05) is 19.3 Å². The van der Waals surface area contributed by atoms with Crippen LogP contribution in [-0.2, 0) is 28.6 Å². The zero-order valence-electron chi connectivity index (χ0n) is 51.1. The molecule has 0 bridgehead atoms. The van der Waals surface area contributed by atoms with Gasteiger partial charge in [-0.05, 0) is 141 Å². The van der Waals surface area contributed by atoms with Crippen molar-refractivity contribution < 1.29 is 28.6 Å². The molecule has 0 aromatic carbocycles. The summed E-state index contributed by atoms with van der Waals surface area (Å²) in [5, 5.41) is 0. The van der Waals surface area contributed by atoms with Gasteiger partial charge in [0.2, 0.25) is 0 Å². The Hall–Kier alpha value is -4.71. The van der Waals surface area contributed by atoms with E-state index >= 15 is 0 Å². The SMILES string of the molecule is CC/C=C\C/C=C\C/C=C\C/C=C\C/C=C\C/C=C\CCCCCCCCC(=O)OCC(COC(=O)CCCCCCC/C=C\C/C=C\C/C=C\CC)OC(=O)CCCCCCCC/C=C\C/C=C\C/C=C\CCCCCCC. The third kappa shape index (κ3) is 64.0. The Bertz CT molecular complexity index is 1730. The molecule has 0 heterocycles. The highest BCUT2D eigenvalue weighted by Crippen LogP contribution is 2.14. The molecule has 0 aliphatic carbocycles. The molecule has 446 valence electrons. The van der Waals surface area contributed by atoms with Gasteiger partial charge >= 0.3 is 17.9 Å². The van der Waals surface area contributed by atoms with Gasteiger partial charge in [-0.3, -0.25) is 14.4 Å². The van der Waals surface area contributed by atoms with E-state index in [-0.39, 0.29) is 31.1 Å². The number of esters is 3. The maximum atomic E-state index is 12.9. The molecule has 6 heteroatoms. The second-order valence-electron chi connectivity index (χ2n) is 20.9. The zero-order valence-corrected chi connectivity index (χ0v) is 51.1. The molecule has 6 nitrogen and oxygen atoms in total. The van der Waals surface area contributed by atoms with E-state index < -0.39 is 6.10 Å². The van der Waals surface area contributed by atoms with Gasteiger partial charge in [-0.2, -0.15) is 0 Å². The van der Waals surface area contributed by atoms with Crippen LogP contribution in [0.1, 0.15) is 278 Å². The average molecular weight is 1090 g/mol. The van der Waals surface area contributed by atoms with Crippen LogP contribution in [0.5, 0.6) is 0 Å². The summed E-state index contributed by atoms with van der Waals surface area (Å²) < 4.78 is 16.9. The van der Waals surface area contributed by atoms with E-state index in [1.165, 1.54) is 64.2 Å². The molecule has 0 N–H and O–H groups in total. The third-order valence-electron chi connectivity index (χ3n) is 13.3. The monoisotopic (exact) mass is 1090 g/mol. The summed E-state index contributed by atoms with van der Waals surface area (Å²) in [6.07, 6.45) is 94.1. The first-order chi connectivity index (χ1) is 39.0. The minimum atomic E-state index is -0.807. The highest BCUT2D eigenvalue weighted by atomic mass is 16.6. The van der Waals surface area contributed by atoms with Crippen LogP contribution in [0.3, 0.4) is 0 Å². The molecular formula is C73H118O6. The molecule has 0 amide bonds. The fourth-order valence-corrected chi connectivity index (χ4v) is 8.53. The third-order valence-corrected chi connectivity index (χ3v) is 13.3. The van der Waals surface area contributed by atoms with Crippen LogP contribution >= 0.6 is 0 Å². The summed E-state index contributed by atoms with van der Waals surface area (Å²) in [4.78, 5) is 38.4. The summed E-state index contributed by atoms with van der Waals surface area (Å²) in [7, 11) is 0. The minimum Gasteiger partial charge on any atom is -0.462 e. The lowest BCUT2D eigenvalue weighted by molar-refractivity contribution is -0.167. The molecule has 1 atom stereocenters. The van der Waals surface area contributed by atoms with Crippen molar-refractivity contribution in [2.45, 2.75) is 284 Å². The standard InChI is InChI=1S/C73H118O6/c1-4-7-10-13-16-19-22-25-28-30-32-34-35-36-37-39-40-42-45-48-51-54-57-60-63-66-72(75)78-69-70(68-77-71(74)65-62-59-56-53-50-47-44-27-24-21-18-15-12-9-6-3)79-73(76)67-64-61-58-55-52-49-46-43-41-38-33-31-29-26-23-20-17-14-11-8-5-2/h7,9-10,12,16,18-19,21,23,25-28,31-34,36-37,40-44,70H,4-6,8,11,13-15,17,20,22,24,29-30,35,38-39,45-69H2,1-3H3/b10-7-,12-9-,19-16-,21-18-,26-23-,28-25-,33-31-,34-32-,37-36-,42-40-,43-41-,44-27-. The number of ether oxygens (including phenoxy) is 3. The summed E-state index contributed by atoms with van der Waals surface area (Å²) in [5.41, 5.74) is 0. The van der Waals surface area contributed by atoms with Gasteiger partial charge in [0.25, 0.3) is 0 Å². The molecule has 0 spiro atoms. The Morgan fingerprint density at radius 3 is 0.772 bits per heavy atom. The molecule has 0 rings (SSSR count). The second-order valence-corrected chi connectivity index (χ2v) is 20.9. The van der Waals surface area contributed by atoms with Crippen molar-refractivity contribution in [1.29, 1.82) is 0 Å². The van der Waals surface area contributed by atoms with Gasteiger partial charge in [-0.15, -0.1) is 0 Å². The van der Waals surface area contributed by atoms with E-state index in [9.17, 15) is 14.4 Å². The molecule has 1 unspecified atom stereocenters. The van der Waals surface area contributed by atoms with Crippen molar-refractivity contribution in [1.82, 2.24) is 0 Å². The molecule has 0 aliphatic rings. The first kappa shape index (κ1) is 74.3. The predicted molar refractivity (Wildman–Crippen MR) is 343 cm³/mol. The highest BCUT2D eigenvalue weighted by Gasteiger charge is 2.19. The number of carbonyl (C=O) groups is 3. The maximum Gasteiger partial charge on any atom is 0.306 e. The summed E-state index contributed by atoms with van der Waals surface area (Å²) in [6.45, 7) is 6.37. The van der Waals surface area contributed by atoms with Crippen molar-refractivity contribution in [3.63, 3.8) is 0 Å². The van der Waals surface area contributed by atoms with E-state index in [1.54, 1.807) is 0 Å². The van der Waals surface area contributed by atoms with Gasteiger partial charge in [-0.1, -0.05) is 263 Å². The number of hydrogen-bond acceptors (Lipinski definition) is 6. The van der Waals surface area contributed by atoms with Crippen molar-refractivity contribution in [2.24, 2.45) is 0 Å². The summed E-state index contributed by atoms with van der Waals surface area (Å²) >= 11 is 0. The minimum absolute atomic E-state index is 0.102. The van der Waals surface area contributed by atoms with Crippen LogP contribution in [0.2, 0.25) is 0 Å². The first-order valence-corrected chi connectivity index (χ1v) is 32.3. The number of carbonyl (C=O) groups excluding carboxylic acids is 3. The van der Waals surface area contributed by atoms with Crippen LogP contribution in [-0.4, -0.2) is 37.2 Å². The summed E-state index contributed by atoms with van der Waals surface area (Å²) in [5.74, 6) is -0.945. The Kier molecular flexibility index (Phi) is 61.9. The summed E-state index contributed by atoms with van der Waals surface area (Å²) in [6, 6.07) is 0. The fraction of sp³-hybridized carbons (Fsp3) is 0.630. The normalized spacial score (nSPS) is 13.1. The number of allylic oxidation sites excluding steroid dienone is 24. The van der Waals surface area contributed by atoms with Crippen molar-refractivity contribution >= 4 is 17.9 Å². The quantitative estimate of drug-likeness (QED) is 0.0261.